The number of nitrogens with zero attached hydrogens (tertiary/aromatic N) is 4. The highest BCUT2D eigenvalue weighted by molar-refractivity contribution is 5.59. The second-order valence-electron chi connectivity index (χ2n) is 4.62. The molecule has 0 saturated heterocycles. The summed E-state index contributed by atoms with van der Waals surface area (Å²) in [4.78, 5) is 0. The van der Waals surface area contributed by atoms with E-state index in [1.54, 1.807) is 24.3 Å². The molecule has 0 radical (unpaired) electrons. The van der Waals surface area contributed by atoms with Gasteiger partial charge in [-0.3, -0.25) is 0 Å². The van der Waals surface area contributed by atoms with Crippen molar-refractivity contribution >= 4 is 0 Å². The van der Waals surface area contributed by atoms with Gasteiger partial charge in [-0.1, -0.05) is 12.1 Å². The lowest BCUT2D eigenvalue weighted by Gasteiger charge is -2.07. The highest BCUT2D eigenvalue weighted by atomic mass is 19.4. The van der Waals surface area contributed by atoms with Crippen LogP contribution in [0.25, 0.3) is 0 Å². The van der Waals surface area contributed by atoms with Crippen LogP contribution in [0, 0.1) is 56.2 Å². The fourth-order valence-corrected chi connectivity index (χ4v) is 2.50. The summed E-state index contributed by atoms with van der Waals surface area (Å²) in [7, 11) is 0. The van der Waals surface area contributed by atoms with Crippen molar-refractivity contribution < 1.29 is 13.2 Å². The number of hydrogen-bond acceptors (Lipinski definition) is 4. The van der Waals surface area contributed by atoms with Crippen molar-refractivity contribution in [3.05, 3.63) is 35.4 Å². The van der Waals surface area contributed by atoms with Crippen LogP contribution in [0.2, 0.25) is 0 Å². The van der Waals surface area contributed by atoms with E-state index >= 15 is 0 Å². The van der Waals surface area contributed by atoms with Crippen molar-refractivity contribution in [1.82, 2.24) is 0 Å². The van der Waals surface area contributed by atoms with Crippen LogP contribution in [0.15, 0.2) is 24.3 Å². The average Bonchev–Trinajstić information content (AvgIpc) is 3.09. The van der Waals surface area contributed by atoms with Gasteiger partial charge in [-0.2, -0.15) is 34.2 Å². The van der Waals surface area contributed by atoms with E-state index in [2.05, 4.69) is 0 Å². The lowest BCUT2D eigenvalue weighted by Crippen LogP contribution is -2.05. The van der Waals surface area contributed by atoms with Crippen LogP contribution >= 0.6 is 0 Å². The molecule has 0 aromatic heterocycles. The summed E-state index contributed by atoms with van der Waals surface area (Å²) >= 11 is 0. The number of nitriles is 4. The van der Waals surface area contributed by atoms with Crippen LogP contribution < -0.4 is 0 Å². The third kappa shape index (κ3) is 1.65. The monoisotopic (exact) mass is 286 g/mol. The first-order valence-corrected chi connectivity index (χ1v) is 5.65. The van der Waals surface area contributed by atoms with Gasteiger partial charge in [-0.25, -0.2) is 0 Å². The van der Waals surface area contributed by atoms with Gasteiger partial charge in [0.25, 0.3) is 0 Å². The molecule has 4 nitrogen and oxygen atoms in total. The SMILES string of the molecule is N#CC1(C#N)C(c2ccc(C(F)(F)F)cc2)C1(C#N)C#N. The van der Waals surface area contributed by atoms with E-state index in [9.17, 15) is 13.2 Å². The van der Waals surface area contributed by atoms with Crippen molar-refractivity contribution in [2.24, 2.45) is 10.8 Å². The van der Waals surface area contributed by atoms with E-state index < -0.39 is 28.5 Å². The Hall–Kier alpha value is -3.03. The zero-order valence-electron chi connectivity index (χ0n) is 10.3. The summed E-state index contributed by atoms with van der Waals surface area (Å²) in [6.07, 6.45) is -4.51. The van der Waals surface area contributed by atoms with Crippen LogP contribution in [-0.4, -0.2) is 0 Å². The minimum atomic E-state index is -4.51. The van der Waals surface area contributed by atoms with Gasteiger partial charge in [0.15, 0.2) is 10.8 Å². The summed E-state index contributed by atoms with van der Waals surface area (Å²) in [6, 6.07) is 10.4. The third-order valence-electron chi connectivity index (χ3n) is 3.68. The molecular weight excluding hydrogens is 281 g/mol. The number of halogens is 3. The van der Waals surface area contributed by atoms with Crippen LogP contribution in [0.1, 0.15) is 17.0 Å². The van der Waals surface area contributed by atoms with Crippen LogP contribution in [-0.2, 0) is 6.18 Å². The maximum atomic E-state index is 12.5. The quantitative estimate of drug-likeness (QED) is 0.793. The van der Waals surface area contributed by atoms with E-state index in [-0.39, 0.29) is 5.56 Å². The Morgan fingerprint density at radius 3 is 1.48 bits per heavy atom. The molecule has 1 aromatic carbocycles. The summed E-state index contributed by atoms with van der Waals surface area (Å²) < 4.78 is 37.5. The van der Waals surface area contributed by atoms with Crippen LogP contribution in [0.5, 0.6) is 0 Å². The summed E-state index contributed by atoms with van der Waals surface area (Å²) in [6.45, 7) is 0. The smallest absolute Gasteiger partial charge is 0.196 e. The maximum absolute atomic E-state index is 12.5. The molecule has 0 spiro atoms. The van der Waals surface area contributed by atoms with Gasteiger partial charge in [-0.05, 0) is 17.7 Å². The lowest BCUT2D eigenvalue weighted by atomic mass is 9.98. The summed E-state index contributed by atoms with van der Waals surface area (Å²) in [5.74, 6) is -1.04. The van der Waals surface area contributed by atoms with Crippen molar-refractivity contribution in [3.63, 3.8) is 0 Å². The standard InChI is InChI=1S/C14H5F3N4/c15-14(16,17)10-3-1-9(2-4-10)11-12(5-18,6-19)13(11,7-20)8-21/h1-4,11H. The van der Waals surface area contributed by atoms with Gasteiger partial charge in [0.1, 0.15) is 0 Å². The van der Waals surface area contributed by atoms with Gasteiger partial charge in [0.2, 0.25) is 0 Å². The second-order valence-corrected chi connectivity index (χ2v) is 4.62. The third-order valence-corrected chi connectivity index (χ3v) is 3.68. The molecule has 2 rings (SSSR count). The Morgan fingerprint density at radius 1 is 0.810 bits per heavy atom. The molecule has 0 atom stereocenters. The number of alkyl halides is 3. The Morgan fingerprint density at radius 2 is 1.19 bits per heavy atom. The van der Waals surface area contributed by atoms with Gasteiger partial charge in [0.05, 0.1) is 35.8 Å². The van der Waals surface area contributed by atoms with E-state index in [4.69, 9.17) is 21.0 Å². The topological polar surface area (TPSA) is 95.2 Å². The molecule has 0 amide bonds. The molecule has 1 fully saturated rings. The van der Waals surface area contributed by atoms with Crippen molar-refractivity contribution in [1.29, 1.82) is 21.0 Å². The predicted octanol–water partition coefficient (Wildman–Crippen LogP) is 2.87. The highest BCUT2D eigenvalue weighted by Crippen LogP contribution is 2.73. The van der Waals surface area contributed by atoms with Crippen LogP contribution in [0.3, 0.4) is 0 Å². The summed E-state index contributed by atoms with van der Waals surface area (Å²) in [5.41, 5.74) is -4.40. The molecule has 1 saturated carbocycles. The predicted molar refractivity (Wildman–Crippen MR) is 61.5 cm³/mol. The largest absolute Gasteiger partial charge is 0.416 e. The fourth-order valence-electron chi connectivity index (χ4n) is 2.50. The minimum absolute atomic E-state index is 0.189. The van der Waals surface area contributed by atoms with Gasteiger partial charge in [0, 0.05) is 0 Å². The van der Waals surface area contributed by atoms with E-state index in [0.717, 1.165) is 24.3 Å². The minimum Gasteiger partial charge on any atom is -0.196 e. The van der Waals surface area contributed by atoms with E-state index in [1.807, 2.05) is 0 Å². The molecule has 21 heavy (non-hydrogen) atoms. The first-order chi connectivity index (χ1) is 9.82. The normalized spacial score (nSPS) is 18.6. The van der Waals surface area contributed by atoms with Crippen LogP contribution in [0.4, 0.5) is 13.2 Å². The zero-order chi connectivity index (χ0) is 15.9. The summed E-state index contributed by atoms with van der Waals surface area (Å²) in [5, 5.41) is 36.5. The zero-order valence-corrected chi connectivity index (χ0v) is 10.3. The molecule has 7 heteroatoms. The molecule has 0 unspecified atom stereocenters. The Kier molecular flexibility index (Phi) is 2.90. The Balaban J connectivity index is 2.50. The molecule has 1 aromatic rings. The van der Waals surface area contributed by atoms with E-state index in [0.29, 0.717) is 0 Å². The first kappa shape index (κ1) is 14.4. The number of hydrogen-bond donors (Lipinski definition) is 0. The average molecular weight is 286 g/mol. The molecule has 0 aliphatic heterocycles. The number of benzene rings is 1. The molecule has 0 bridgehead atoms. The van der Waals surface area contributed by atoms with Crippen molar-refractivity contribution in [2.45, 2.75) is 12.1 Å². The lowest BCUT2D eigenvalue weighted by molar-refractivity contribution is -0.137. The maximum Gasteiger partial charge on any atom is 0.416 e. The molecule has 102 valence electrons. The molecule has 1 aliphatic rings. The Labute approximate surface area is 117 Å². The highest BCUT2D eigenvalue weighted by Gasteiger charge is 2.82. The van der Waals surface area contributed by atoms with Gasteiger partial charge in [-0.15, -0.1) is 0 Å². The fraction of sp³-hybridized carbons (Fsp3) is 0.286. The van der Waals surface area contributed by atoms with Crippen molar-refractivity contribution in [3.8, 4) is 24.3 Å². The number of rotatable bonds is 1. The van der Waals surface area contributed by atoms with Crippen molar-refractivity contribution in [2.75, 3.05) is 0 Å². The molecule has 0 N–H and O–H groups in total. The second kappa shape index (κ2) is 4.23. The first-order valence-electron chi connectivity index (χ1n) is 5.65. The van der Waals surface area contributed by atoms with Gasteiger partial charge >= 0.3 is 6.18 Å². The molecule has 1 aliphatic carbocycles. The van der Waals surface area contributed by atoms with Gasteiger partial charge < -0.3 is 0 Å². The molecule has 0 heterocycles. The van der Waals surface area contributed by atoms with E-state index in [1.165, 1.54) is 0 Å². The Bertz CT molecular complexity index is 684. The molecular formula is C14H5F3N4.